The molecule has 2 N–H and O–H groups in total. The average Bonchev–Trinajstić information content (AvgIpc) is 3.20. The zero-order chi connectivity index (χ0) is 17.2. The van der Waals surface area contributed by atoms with Gasteiger partial charge in [0.05, 0.1) is 23.0 Å². The largest absolute Gasteiger partial charge is 0.380 e. The summed E-state index contributed by atoms with van der Waals surface area (Å²) in [7, 11) is 1.98. The lowest BCUT2D eigenvalue weighted by Gasteiger charge is -2.07. The van der Waals surface area contributed by atoms with E-state index in [0.717, 1.165) is 39.3 Å². The van der Waals surface area contributed by atoms with Crippen molar-refractivity contribution in [1.29, 1.82) is 0 Å². The number of aryl methyl sites for hydroxylation is 1. The number of para-hydroxylation sites is 2. The maximum absolute atomic E-state index is 5.40. The highest BCUT2D eigenvalue weighted by Crippen LogP contribution is 2.32. The van der Waals surface area contributed by atoms with Crippen molar-refractivity contribution in [3.63, 3.8) is 0 Å². The minimum absolute atomic E-state index is 0.634. The van der Waals surface area contributed by atoms with E-state index in [9.17, 15) is 0 Å². The number of imidazole rings is 1. The molecule has 0 spiro atoms. The Bertz CT molecular complexity index is 986. The molecule has 4 rings (SSSR count). The van der Waals surface area contributed by atoms with Gasteiger partial charge in [0, 0.05) is 32.0 Å². The van der Waals surface area contributed by atoms with Crippen LogP contribution in [-0.4, -0.2) is 44.3 Å². The highest BCUT2D eigenvalue weighted by molar-refractivity contribution is 6.01. The number of hydrogen-bond donors (Lipinski definition) is 2. The number of fused-ring (bicyclic) bond motifs is 2. The maximum atomic E-state index is 5.40. The predicted molar refractivity (Wildman–Crippen MR) is 98.6 cm³/mol. The molecule has 0 amide bonds. The minimum atomic E-state index is 0.634. The van der Waals surface area contributed by atoms with Gasteiger partial charge in [0.2, 0.25) is 0 Å². The first-order valence-electron chi connectivity index (χ1n) is 8.34. The van der Waals surface area contributed by atoms with Gasteiger partial charge in [-0.2, -0.15) is 0 Å². The van der Waals surface area contributed by atoms with Crippen LogP contribution in [0.4, 0.5) is 5.82 Å². The molecule has 3 aromatic heterocycles. The zero-order valence-corrected chi connectivity index (χ0v) is 14.3. The molecule has 128 valence electrons. The summed E-state index contributed by atoms with van der Waals surface area (Å²) >= 11 is 0. The Balaban J connectivity index is 1.80. The molecule has 7 heteroatoms. The van der Waals surface area contributed by atoms with Crippen molar-refractivity contribution in [2.75, 3.05) is 25.1 Å². The van der Waals surface area contributed by atoms with E-state index in [0.29, 0.717) is 19.8 Å². The van der Waals surface area contributed by atoms with Crippen LogP contribution < -0.4 is 5.32 Å². The third-order valence-electron chi connectivity index (χ3n) is 4.14. The second kappa shape index (κ2) is 6.52. The van der Waals surface area contributed by atoms with Crippen LogP contribution >= 0.6 is 0 Å². The first-order chi connectivity index (χ1) is 12.3. The van der Waals surface area contributed by atoms with Gasteiger partial charge in [-0.25, -0.2) is 15.0 Å². The van der Waals surface area contributed by atoms with Crippen LogP contribution in [-0.2, 0) is 11.8 Å². The molecule has 0 bridgehead atoms. The molecule has 1 aromatic carbocycles. The number of H-pyrrole nitrogens is 1. The summed E-state index contributed by atoms with van der Waals surface area (Å²) in [6.45, 7) is 4.01. The maximum Gasteiger partial charge on any atom is 0.145 e. The summed E-state index contributed by atoms with van der Waals surface area (Å²) in [6, 6.07) is 8.00. The van der Waals surface area contributed by atoms with Crippen LogP contribution in [0.1, 0.15) is 6.92 Å². The number of aromatic amines is 1. The van der Waals surface area contributed by atoms with Gasteiger partial charge in [0.1, 0.15) is 23.6 Å². The fourth-order valence-corrected chi connectivity index (χ4v) is 2.99. The Morgan fingerprint density at radius 2 is 2.12 bits per heavy atom. The van der Waals surface area contributed by atoms with Crippen molar-refractivity contribution in [2.24, 2.45) is 7.05 Å². The summed E-state index contributed by atoms with van der Waals surface area (Å²) < 4.78 is 7.39. The molecule has 0 aliphatic rings. The molecule has 0 unspecified atom stereocenters. The van der Waals surface area contributed by atoms with Crippen LogP contribution in [0.2, 0.25) is 0 Å². The van der Waals surface area contributed by atoms with Crippen LogP contribution in [0.3, 0.4) is 0 Å². The van der Waals surface area contributed by atoms with E-state index in [-0.39, 0.29) is 0 Å². The van der Waals surface area contributed by atoms with Gasteiger partial charge < -0.3 is 19.6 Å². The smallest absolute Gasteiger partial charge is 0.145 e. The monoisotopic (exact) mass is 336 g/mol. The van der Waals surface area contributed by atoms with Crippen LogP contribution in [0.15, 0.2) is 36.8 Å². The van der Waals surface area contributed by atoms with E-state index in [2.05, 4.69) is 20.3 Å². The normalized spacial score (nSPS) is 11.4. The summed E-state index contributed by atoms with van der Waals surface area (Å²) in [4.78, 5) is 17.0. The van der Waals surface area contributed by atoms with Crippen molar-refractivity contribution in [2.45, 2.75) is 6.92 Å². The van der Waals surface area contributed by atoms with Gasteiger partial charge >= 0.3 is 0 Å². The topological polar surface area (TPSA) is 80.7 Å². The molecule has 3 heterocycles. The Morgan fingerprint density at radius 1 is 1.24 bits per heavy atom. The van der Waals surface area contributed by atoms with E-state index in [1.165, 1.54) is 0 Å². The lowest BCUT2D eigenvalue weighted by Crippen LogP contribution is -2.10. The molecule has 0 radical (unpaired) electrons. The van der Waals surface area contributed by atoms with Crippen LogP contribution in [0, 0.1) is 0 Å². The Labute approximate surface area is 145 Å². The number of ether oxygens (including phenoxy) is 1. The second-order valence-electron chi connectivity index (χ2n) is 5.80. The number of anilines is 1. The number of nitrogens with one attached hydrogen (secondary N) is 2. The van der Waals surface area contributed by atoms with E-state index in [1.807, 2.05) is 49.0 Å². The first-order valence-corrected chi connectivity index (χ1v) is 8.34. The fourth-order valence-electron chi connectivity index (χ4n) is 2.99. The van der Waals surface area contributed by atoms with Gasteiger partial charge in [-0.3, -0.25) is 0 Å². The molecular formula is C18H20N6O. The predicted octanol–water partition coefficient (Wildman–Crippen LogP) is 2.96. The van der Waals surface area contributed by atoms with Gasteiger partial charge in [-0.1, -0.05) is 12.1 Å². The van der Waals surface area contributed by atoms with Gasteiger partial charge in [0.25, 0.3) is 0 Å². The number of aromatic nitrogens is 5. The van der Waals surface area contributed by atoms with Crippen molar-refractivity contribution in [3.8, 4) is 11.4 Å². The van der Waals surface area contributed by atoms with Gasteiger partial charge in [-0.05, 0) is 19.1 Å². The van der Waals surface area contributed by atoms with E-state index in [1.54, 1.807) is 6.33 Å². The highest BCUT2D eigenvalue weighted by atomic mass is 16.5. The molecule has 25 heavy (non-hydrogen) atoms. The average molecular weight is 336 g/mol. The zero-order valence-electron chi connectivity index (χ0n) is 14.3. The van der Waals surface area contributed by atoms with Crippen molar-refractivity contribution < 1.29 is 4.74 Å². The lowest BCUT2D eigenvalue weighted by atomic mass is 10.2. The number of benzene rings is 1. The van der Waals surface area contributed by atoms with Crippen molar-refractivity contribution in [3.05, 3.63) is 36.8 Å². The minimum Gasteiger partial charge on any atom is -0.380 e. The summed E-state index contributed by atoms with van der Waals surface area (Å²) in [5, 5.41) is 4.31. The standard InChI is InChI=1S/C18H20N6O/c1-3-25-9-8-19-17-15-12(10-24(2)18(15)21-11-20-17)16-22-13-6-4-5-7-14(13)23-16/h4-7,10-11H,3,8-9H2,1-2H3,(H,22,23)(H,19,20,21). The van der Waals surface area contributed by atoms with Crippen LogP contribution in [0.25, 0.3) is 33.5 Å². The molecule has 0 saturated carbocycles. The number of nitrogens with zero attached hydrogens (tertiary/aromatic N) is 4. The number of rotatable bonds is 6. The highest BCUT2D eigenvalue weighted by Gasteiger charge is 2.17. The van der Waals surface area contributed by atoms with Crippen molar-refractivity contribution in [1.82, 2.24) is 24.5 Å². The molecule has 0 aliphatic carbocycles. The molecule has 0 saturated heterocycles. The van der Waals surface area contributed by atoms with Gasteiger partial charge in [-0.15, -0.1) is 0 Å². The first kappa shape index (κ1) is 15.6. The molecular weight excluding hydrogens is 316 g/mol. The summed E-state index contributed by atoms with van der Waals surface area (Å²) in [5.41, 5.74) is 3.80. The molecule has 0 fully saturated rings. The molecule has 0 aliphatic heterocycles. The summed E-state index contributed by atoms with van der Waals surface area (Å²) in [6.07, 6.45) is 3.61. The molecule has 4 aromatic rings. The third kappa shape index (κ3) is 2.83. The Kier molecular flexibility index (Phi) is 4.07. The Morgan fingerprint density at radius 3 is 2.96 bits per heavy atom. The van der Waals surface area contributed by atoms with Crippen LogP contribution in [0.5, 0.6) is 0 Å². The molecule has 7 nitrogen and oxygen atoms in total. The fraction of sp³-hybridized carbons (Fsp3) is 0.278. The second-order valence-corrected chi connectivity index (χ2v) is 5.80. The quantitative estimate of drug-likeness (QED) is 0.529. The van der Waals surface area contributed by atoms with Gasteiger partial charge in [0.15, 0.2) is 0 Å². The Hall–Kier alpha value is -2.93. The third-order valence-corrected chi connectivity index (χ3v) is 4.14. The number of hydrogen-bond acceptors (Lipinski definition) is 5. The SMILES string of the molecule is CCOCCNc1ncnc2c1c(-c1nc3ccccc3[nH]1)cn2C. The van der Waals surface area contributed by atoms with Crippen molar-refractivity contribution >= 4 is 27.9 Å². The van der Waals surface area contributed by atoms with E-state index >= 15 is 0 Å². The summed E-state index contributed by atoms with van der Waals surface area (Å²) in [5.74, 6) is 1.61. The van der Waals surface area contributed by atoms with E-state index in [4.69, 9.17) is 9.72 Å². The molecule has 0 atom stereocenters. The lowest BCUT2D eigenvalue weighted by molar-refractivity contribution is 0.158. The van der Waals surface area contributed by atoms with E-state index < -0.39 is 0 Å².